The molecule has 0 spiro atoms. The number of piperidine rings is 1. The van der Waals surface area contributed by atoms with E-state index in [2.05, 4.69) is 5.32 Å². The van der Waals surface area contributed by atoms with Gasteiger partial charge in [-0.1, -0.05) is 13.0 Å². The third-order valence-electron chi connectivity index (χ3n) is 3.82. The molecule has 5 nitrogen and oxygen atoms in total. The average Bonchev–Trinajstić information content (AvgIpc) is 2.61. The lowest BCUT2D eigenvalue weighted by molar-refractivity contribution is -0.135. The second-order valence-electron chi connectivity index (χ2n) is 5.60. The van der Waals surface area contributed by atoms with Crippen molar-refractivity contribution >= 4 is 11.8 Å². The number of imide groups is 1. The average molecular weight is 275 g/mol. The summed E-state index contributed by atoms with van der Waals surface area (Å²) in [5.41, 5.74) is 0.453. The van der Waals surface area contributed by atoms with Crippen molar-refractivity contribution in [3.8, 4) is 11.5 Å². The van der Waals surface area contributed by atoms with Crippen molar-refractivity contribution in [1.82, 2.24) is 5.32 Å². The molecule has 5 heteroatoms. The molecule has 1 aromatic carbocycles. The minimum atomic E-state index is -0.482. The summed E-state index contributed by atoms with van der Waals surface area (Å²) >= 11 is 0. The first-order valence-electron chi connectivity index (χ1n) is 6.80. The van der Waals surface area contributed by atoms with Crippen LogP contribution in [0.25, 0.3) is 0 Å². The number of ether oxygens (including phenoxy) is 2. The largest absolute Gasteiger partial charge is 0.490 e. The van der Waals surface area contributed by atoms with E-state index in [9.17, 15) is 9.59 Å². The highest BCUT2D eigenvalue weighted by molar-refractivity contribution is 5.99. The molecule has 0 aromatic heterocycles. The number of carbonyl (C=O) groups is 2. The molecule has 2 aliphatic rings. The normalized spacial score (nSPS) is 21.1. The van der Waals surface area contributed by atoms with Gasteiger partial charge in [0.25, 0.3) is 0 Å². The number of carbonyl (C=O) groups excluding carboxylic acids is 2. The van der Waals surface area contributed by atoms with Crippen LogP contribution in [0, 0.1) is 0 Å². The zero-order chi connectivity index (χ0) is 14.2. The molecular weight excluding hydrogens is 258 g/mol. The Morgan fingerprint density at radius 3 is 2.40 bits per heavy atom. The fourth-order valence-electron chi connectivity index (χ4n) is 2.76. The topological polar surface area (TPSA) is 64.6 Å². The van der Waals surface area contributed by atoms with E-state index in [4.69, 9.17) is 9.47 Å². The number of fused-ring (bicyclic) bond motifs is 1. The number of nitrogens with one attached hydrogen (secondary N) is 1. The molecule has 20 heavy (non-hydrogen) atoms. The Balaban J connectivity index is 1.95. The molecule has 2 aliphatic heterocycles. The van der Waals surface area contributed by atoms with Crippen molar-refractivity contribution in [2.75, 3.05) is 13.2 Å². The summed E-state index contributed by atoms with van der Waals surface area (Å²) in [6, 6.07) is 5.67. The van der Waals surface area contributed by atoms with Crippen molar-refractivity contribution in [3.63, 3.8) is 0 Å². The van der Waals surface area contributed by atoms with E-state index in [1.807, 2.05) is 25.1 Å². The first-order valence-corrected chi connectivity index (χ1v) is 6.80. The Morgan fingerprint density at radius 2 is 1.70 bits per heavy atom. The van der Waals surface area contributed by atoms with Gasteiger partial charge in [-0.25, -0.2) is 0 Å². The number of amides is 2. The molecule has 0 saturated carbocycles. The van der Waals surface area contributed by atoms with Crippen molar-refractivity contribution in [2.24, 2.45) is 0 Å². The van der Waals surface area contributed by atoms with E-state index in [0.717, 1.165) is 17.7 Å². The lowest BCUT2D eigenvalue weighted by atomic mass is 9.74. The zero-order valence-corrected chi connectivity index (χ0v) is 11.4. The molecule has 2 heterocycles. The summed E-state index contributed by atoms with van der Waals surface area (Å²) in [4.78, 5) is 23.2. The van der Waals surface area contributed by atoms with Gasteiger partial charge in [0.15, 0.2) is 11.5 Å². The summed E-state index contributed by atoms with van der Waals surface area (Å²) in [6.07, 6.45) is 1.46. The van der Waals surface area contributed by atoms with Gasteiger partial charge in [-0.3, -0.25) is 14.9 Å². The summed E-state index contributed by atoms with van der Waals surface area (Å²) in [6.45, 7) is 3.19. The van der Waals surface area contributed by atoms with E-state index in [1.54, 1.807) is 0 Å². The van der Waals surface area contributed by atoms with E-state index >= 15 is 0 Å². The molecule has 2 amide bonds. The van der Waals surface area contributed by atoms with E-state index in [-0.39, 0.29) is 11.8 Å². The second kappa shape index (κ2) is 4.81. The molecule has 1 N–H and O–H groups in total. The predicted molar refractivity (Wildman–Crippen MR) is 71.8 cm³/mol. The molecule has 1 aromatic rings. The molecule has 3 rings (SSSR count). The van der Waals surface area contributed by atoms with Gasteiger partial charge < -0.3 is 9.47 Å². The third-order valence-corrected chi connectivity index (χ3v) is 3.82. The van der Waals surface area contributed by atoms with Crippen LogP contribution >= 0.6 is 0 Å². The van der Waals surface area contributed by atoms with Gasteiger partial charge in [-0.05, 0) is 17.7 Å². The van der Waals surface area contributed by atoms with E-state index in [0.29, 0.717) is 31.8 Å². The van der Waals surface area contributed by atoms with Crippen molar-refractivity contribution in [1.29, 1.82) is 0 Å². The third kappa shape index (κ3) is 2.35. The number of hydrogen-bond acceptors (Lipinski definition) is 4. The monoisotopic (exact) mass is 275 g/mol. The smallest absolute Gasteiger partial charge is 0.227 e. The summed E-state index contributed by atoms with van der Waals surface area (Å²) in [5.74, 6) is 0.966. The minimum Gasteiger partial charge on any atom is -0.490 e. The molecule has 0 aliphatic carbocycles. The number of rotatable bonds is 1. The molecule has 1 saturated heterocycles. The fourth-order valence-corrected chi connectivity index (χ4v) is 2.76. The Hall–Kier alpha value is -2.04. The second-order valence-corrected chi connectivity index (χ2v) is 5.60. The molecule has 0 atom stereocenters. The van der Waals surface area contributed by atoms with Gasteiger partial charge in [-0.2, -0.15) is 0 Å². The van der Waals surface area contributed by atoms with Gasteiger partial charge in [0.2, 0.25) is 11.8 Å². The van der Waals surface area contributed by atoms with Crippen molar-refractivity contribution in [2.45, 2.75) is 31.6 Å². The highest BCUT2D eigenvalue weighted by Gasteiger charge is 2.37. The Labute approximate surface area is 117 Å². The SMILES string of the molecule is CC1(c2ccc3c(c2)OCCCO3)CC(=O)NC(=O)C1. The van der Waals surface area contributed by atoms with Gasteiger partial charge >= 0.3 is 0 Å². The maximum Gasteiger partial charge on any atom is 0.227 e. The van der Waals surface area contributed by atoms with Crippen LogP contribution < -0.4 is 14.8 Å². The fraction of sp³-hybridized carbons (Fsp3) is 0.467. The summed E-state index contributed by atoms with van der Waals surface area (Å²) in [7, 11) is 0. The molecule has 0 bridgehead atoms. The first kappa shape index (κ1) is 13.0. The van der Waals surface area contributed by atoms with Crippen LogP contribution in [0.15, 0.2) is 18.2 Å². The Kier molecular flexibility index (Phi) is 3.12. The lowest BCUT2D eigenvalue weighted by Crippen LogP contribution is -2.45. The zero-order valence-electron chi connectivity index (χ0n) is 11.4. The van der Waals surface area contributed by atoms with Gasteiger partial charge in [0.1, 0.15) is 0 Å². The van der Waals surface area contributed by atoms with Crippen LogP contribution in [0.5, 0.6) is 11.5 Å². The molecular formula is C15H17NO4. The molecule has 0 radical (unpaired) electrons. The molecule has 1 fully saturated rings. The summed E-state index contributed by atoms with van der Waals surface area (Å²) in [5, 5.41) is 2.34. The van der Waals surface area contributed by atoms with Gasteiger partial charge in [-0.15, -0.1) is 0 Å². The lowest BCUT2D eigenvalue weighted by Gasteiger charge is -2.32. The van der Waals surface area contributed by atoms with Crippen LogP contribution in [-0.4, -0.2) is 25.0 Å². The highest BCUT2D eigenvalue weighted by atomic mass is 16.5. The van der Waals surface area contributed by atoms with E-state index < -0.39 is 5.41 Å². The maximum atomic E-state index is 11.6. The Bertz CT molecular complexity index is 551. The van der Waals surface area contributed by atoms with Crippen LogP contribution in [0.3, 0.4) is 0 Å². The van der Waals surface area contributed by atoms with Crippen molar-refractivity contribution < 1.29 is 19.1 Å². The van der Waals surface area contributed by atoms with Crippen molar-refractivity contribution in [3.05, 3.63) is 23.8 Å². The van der Waals surface area contributed by atoms with Crippen LogP contribution in [-0.2, 0) is 15.0 Å². The quantitative estimate of drug-likeness (QED) is 0.790. The highest BCUT2D eigenvalue weighted by Crippen LogP contribution is 2.39. The van der Waals surface area contributed by atoms with E-state index in [1.165, 1.54) is 0 Å². The van der Waals surface area contributed by atoms with Gasteiger partial charge in [0, 0.05) is 24.7 Å². The molecule has 106 valence electrons. The Morgan fingerprint density at radius 1 is 1.05 bits per heavy atom. The minimum absolute atomic E-state index is 0.226. The van der Waals surface area contributed by atoms with Crippen LogP contribution in [0.4, 0.5) is 0 Å². The predicted octanol–water partition coefficient (Wildman–Crippen LogP) is 1.54. The maximum absolute atomic E-state index is 11.6. The van der Waals surface area contributed by atoms with Crippen LogP contribution in [0.1, 0.15) is 31.7 Å². The first-order chi connectivity index (χ1) is 9.57. The molecule has 0 unspecified atom stereocenters. The van der Waals surface area contributed by atoms with Gasteiger partial charge in [0.05, 0.1) is 13.2 Å². The number of benzene rings is 1. The number of hydrogen-bond donors (Lipinski definition) is 1. The summed E-state index contributed by atoms with van der Waals surface area (Å²) < 4.78 is 11.3. The van der Waals surface area contributed by atoms with Crippen LogP contribution in [0.2, 0.25) is 0 Å². The standard InChI is InChI=1S/C15H17NO4/c1-15(8-13(17)16-14(18)9-15)10-3-4-11-12(7-10)20-6-2-5-19-11/h3-4,7H,2,5-6,8-9H2,1H3,(H,16,17,18).